The first-order chi connectivity index (χ1) is 7.47. The minimum absolute atomic E-state index is 0.198. The summed E-state index contributed by atoms with van der Waals surface area (Å²) in [5.41, 5.74) is 0. The van der Waals surface area contributed by atoms with Gasteiger partial charge in [0.2, 0.25) is 0 Å². The molecule has 0 saturated heterocycles. The van der Waals surface area contributed by atoms with Crippen molar-refractivity contribution in [2.24, 2.45) is 0 Å². The van der Waals surface area contributed by atoms with E-state index in [-0.39, 0.29) is 10.0 Å². The first-order valence-corrected chi connectivity index (χ1v) is 6.80. The predicted octanol–water partition coefficient (Wildman–Crippen LogP) is 2.15. The van der Waals surface area contributed by atoms with E-state index in [1.165, 1.54) is 17.4 Å². The van der Waals surface area contributed by atoms with Gasteiger partial charge in [-0.1, -0.05) is 5.16 Å². The molecule has 0 aliphatic heterocycles. The van der Waals surface area contributed by atoms with E-state index in [9.17, 15) is 8.42 Å². The van der Waals surface area contributed by atoms with E-state index in [0.29, 0.717) is 5.76 Å². The van der Waals surface area contributed by atoms with E-state index in [1.807, 2.05) is 6.92 Å². The van der Waals surface area contributed by atoms with Crippen LogP contribution in [0.1, 0.15) is 10.6 Å². The van der Waals surface area contributed by atoms with Crippen LogP contribution in [0.15, 0.2) is 26.9 Å². The van der Waals surface area contributed by atoms with Crippen LogP contribution in [0, 0.1) is 13.8 Å². The molecule has 86 valence electrons. The van der Waals surface area contributed by atoms with Crippen molar-refractivity contribution in [2.75, 3.05) is 4.72 Å². The van der Waals surface area contributed by atoms with E-state index in [0.717, 1.165) is 4.88 Å². The largest absolute Gasteiger partial charge is 0.360 e. The van der Waals surface area contributed by atoms with Gasteiger partial charge < -0.3 is 4.52 Å². The highest BCUT2D eigenvalue weighted by atomic mass is 32.2. The minimum Gasteiger partial charge on any atom is -0.360 e. The summed E-state index contributed by atoms with van der Waals surface area (Å²) in [6, 6.07) is 4.85. The molecule has 0 aromatic carbocycles. The smallest absolute Gasteiger partial charge is 0.272 e. The molecule has 0 atom stereocenters. The molecule has 0 radical (unpaired) electrons. The van der Waals surface area contributed by atoms with Crippen LogP contribution in [0.2, 0.25) is 0 Å². The molecule has 2 aromatic rings. The Morgan fingerprint density at radius 2 is 2.12 bits per heavy atom. The van der Waals surface area contributed by atoms with Gasteiger partial charge in [0.15, 0.2) is 5.82 Å². The number of sulfonamides is 1. The van der Waals surface area contributed by atoms with Crippen molar-refractivity contribution in [3.8, 4) is 0 Å². The number of hydrogen-bond donors (Lipinski definition) is 1. The lowest BCUT2D eigenvalue weighted by molar-refractivity contribution is 0.400. The minimum atomic E-state index is -3.53. The van der Waals surface area contributed by atoms with E-state index in [1.54, 1.807) is 19.1 Å². The Balaban J connectivity index is 2.27. The Bertz CT molecular complexity index is 598. The second-order valence-electron chi connectivity index (χ2n) is 3.29. The number of thiophene rings is 1. The number of anilines is 1. The maximum Gasteiger partial charge on any atom is 0.272 e. The van der Waals surface area contributed by atoms with Gasteiger partial charge in [0.05, 0.1) is 0 Å². The Morgan fingerprint density at radius 3 is 2.62 bits per heavy atom. The highest BCUT2D eigenvalue weighted by Crippen LogP contribution is 2.23. The Morgan fingerprint density at radius 1 is 1.38 bits per heavy atom. The summed E-state index contributed by atoms with van der Waals surface area (Å²) in [7, 11) is -3.53. The summed E-state index contributed by atoms with van der Waals surface area (Å²) in [6.45, 7) is 3.55. The number of aromatic nitrogens is 1. The molecule has 0 fully saturated rings. The highest BCUT2D eigenvalue weighted by molar-refractivity contribution is 7.94. The Kier molecular flexibility index (Phi) is 2.73. The molecule has 0 aliphatic carbocycles. The van der Waals surface area contributed by atoms with Crippen molar-refractivity contribution < 1.29 is 12.9 Å². The lowest BCUT2D eigenvalue weighted by Crippen LogP contribution is -2.11. The van der Waals surface area contributed by atoms with E-state index >= 15 is 0 Å². The molecule has 2 heterocycles. The highest BCUT2D eigenvalue weighted by Gasteiger charge is 2.17. The predicted molar refractivity (Wildman–Crippen MR) is 61.1 cm³/mol. The summed E-state index contributed by atoms with van der Waals surface area (Å²) in [6.07, 6.45) is 0. The van der Waals surface area contributed by atoms with Crippen LogP contribution in [0.3, 0.4) is 0 Å². The lowest BCUT2D eigenvalue weighted by Gasteiger charge is -2.00. The molecule has 5 nitrogen and oxygen atoms in total. The zero-order valence-electron chi connectivity index (χ0n) is 8.72. The van der Waals surface area contributed by atoms with Crippen LogP contribution in [0.4, 0.5) is 5.82 Å². The standard InChI is InChI=1S/C9H10N2O3S2/c1-6-5-8(10-14-6)11-16(12,13)9-4-3-7(2)15-9/h3-5H,1-2H3,(H,10,11). The molecule has 0 spiro atoms. The van der Waals surface area contributed by atoms with Crippen LogP contribution < -0.4 is 4.72 Å². The Labute approximate surface area is 97.1 Å². The van der Waals surface area contributed by atoms with Crippen LogP contribution >= 0.6 is 11.3 Å². The molecule has 16 heavy (non-hydrogen) atoms. The van der Waals surface area contributed by atoms with E-state index < -0.39 is 10.0 Å². The van der Waals surface area contributed by atoms with Gasteiger partial charge in [0.1, 0.15) is 9.97 Å². The number of hydrogen-bond acceptors (Lipinski definition) is 5. The third kappa shape index (κ3) is 2.25. The molecule has 2 aromatic heterocycles. The zero-order valence-corrected chi connectivity index (χ0v) is 10.4. The molecule has 0 bridgehead atoms. The first kappa shape index (κ1) is 11.2. The molecule has 0 saturated carbocycles. The van der Waals surface area contributed by atoms with Crippen LogP contribution in [-0.2, 0) is 10.0 Å². The van der Waals surface area contributed by atoms with Gasteiger partial charge in [-0.05, 0) is 26.0 Å². The van der Waals surface area contributed by atoms with Gasteiger partial charge in [-0.25, -0.2) is 8.42 Å². The number of nitrogens with one attached hydrogen (secondary N) is 1. The molecule has 0 unspecified atom stereocenters. The van der Waals surface area contributed by atoms with Crippen LogP contribution in [0.25, 0.3) is 0 Å². The molecule has 7 heteroatoms. The van der Waals surface area contributed by atoms with Crippen molar-refractivity contribution in [3.05, 3.63) is 28.8 Å². The van der Waals surface area contributed by atoms with Crippen molar-refractivity contribution in [1.29, 1.82) is 0 Å². The monoisotopic (exact) mass is 258 g/mol. The SMILES string of the molecule is Cc1cc(NS(=O)(=O)c2ccc(C)s2)no1. The summed E-state index contributed by atoms with van der Waals surface area (Å²) in [4.78, 5) is 0.941. The molecule has 1 N–H and O–H groups in total. The summed E-state index contributed by atoms with van der Waals surface area (Å²) >= 11 is 1.21. The van der Waals surface area contributed by atoms with Crippen molar-refractivity contribution in [2.45, 2.75) is 18.1 Å². The average molecular weight is 258 g/mol. The first-order valence-electron chi connectivity index (χ1n) is 4.50. The van der Waals surface area contributed by atoms with E-state index in [4.69, 9.17) is 4.52 Å². The summed E-state index contributed by atoms with van der Waals surface area (Å²) < 4.78 is 31.1. The quantitative estimate of drug-likeness (QED) is 0.915. The number of rotatable bonds is 3. The fourth-order valence-electron chi connectivity index (χ4n) is 1.16. The van der Waals surface area contributed by atoms with Gasteiger partial charge in [0.25, 0.3) is 10.0 Å². The van der Waals surface area contributed by atoms with Crippen LogP contribution in [0.5, 0.6) is 0 Å². The topological polar surface area (TPSA) is 72.2 Å². The van der Waals surface area contributed by atoms with Gasteiger partial charge in [0, 0.05) is 10.9 Å². The average Bonchev–Trinajstić information content (AvgIpc) is 2.75. The van der Waals surface area contributed by atoms with E-state index in [2.05, 4.69) is 9.88 Å². The normalized spacial score (nSPS) is 11.6. The molecule has 0 amide bonds. The fourth-order valence-corrected chi connectivity index (χ4v) is 3.43. The zero-order chi connectivity index (χ0) is 11.8. The second kappa shape index (κ2) is 3.91. The van der Waals surface area contributed by atoms with Gasteiger partial charge in [-0.15, -0.1) is 11.3 Å². The third-order valence-electron chi connectivity index (χ3n) is 1.85. The molecular formula is C9H10N2O3S2. The number of aryl methyl sites for hydroxylation is 2. The van der Waals surface area contributed by atoms with Gasteiger partial charge in [-0.2, -0.15) is 0 Å². The molecular weight excluding hydrogens is 248 g/mol. The fraction of sp³-hybridized carbons (Fsp3) is 0.222. The molecule has 0 aliphatic rings. The lowest BCUT2D eigenvalue weighted by atomic mass is 10.5. The van der Waals surface area contributed by atoms with Gasteiger partial charge >= 0.3 is 0 Å². The van der Waals surface area contributed by atoms with Crippen molar-refractivity contribution in [3.63, 3.8) is 0 Å². The third-order valence-corrected chi connectivity index (χ3v) is 4.69. The van der Waals surface area contributed by atoms with Crippen LogP contribution in [-0.4, -0.2) is 13.6 Å². The van der Waals surface area contributed by atoms with Gasteiger partial charge in [-0.3, -0.25) is 4.72 Å². The summed E-state index contributed by atoms with van der Waals surface area (Å²) in [5.74, 6) is 0.753. The Hall–Kier alpha value is -1.34. The maximum atomic E-state index is 11.8. The van der Waals surface area contributed by atoms with Crippen molar-refractivity contribution in [1.82, 2.24) is 5.16 Å². The van der Waals surface area contributed by atoms with Crippen molar-refractivity contribution >= 4 is 27.2 Å². The molecule has 2 rings (SSSR count). The summed E-state index contributed by atoms with van der Waals surface area (Å²) in [5, 5.41) is 3.57. The number of nitrogens with zero attached hydrogens (tertiary/aromatic N) is 1. The second-order valence-corrected chi connectivity index (χ2v) is 6.49. The maximum absolute atomic E-state index is 11.8.